The molecule has 104 valence electrons. The van der Waals surface area contributed by atoms with Gasteiger partial charge in [0.2, 0.25) is 0 Å². The molecule has 6 heteroatoms. The van der Waals surface area contributed by atoms with Gasteiger partial charge in [-0.1, -0.05) is 18.2 Å². The molecule has 0 saturated carbocycles. The fraction of sp³-hybridized carbons (Fsp3) is 0.143. The van der Waals surface area contributed by atoms with Crippen LogP contribution in [0.2, 0.25) is 0 Å². The lowest BCUT2D eigenvalue weighted by Crippen LogP contribution is -2.10. The standard InChI is InChI=1S/C14H11BrO4S/c15-13-6-5-12(20-13)11(17)7-10(16)8-3-1-2-4-9(8)14(18)19/h1-6,10,16H,7H2,(H,18,19)/t10-/m0/s1. The number of hydrogen-bond acceptors (Lipinski definition) is 4. The Bertz CT molecular complexity index is 650. The molecule has 1 aromatic heterocycles. The van der Waals surface area contributed by atoms with Gasteiger partial charge in [0, 0.05) is 6.42 Å². The number of carboxylic acids is 1. The number of carboxylic acid groups (broad SMARTS) is 1. The number of aromatic carboxylic acids is 1. The van der Waals surface area contributed by atoms with E-state index in [2.05, 4.69) is 15.9 Å². The van der Waals surface area contributed by atoms with E-state index in [1.54, 1.807) is 24.3 Å². The van der Waals surface area contributed by atoms with Crippen molar-refractivity contribution < 1.29 is 19.8 Å². The lowest BCUT2D eigenvalue weighted by molar-refractivity contribution is 0.0683. The average Bonchev–Trinajstić information content (AvgIpc) is 2.85. The van der Waals surface area contributed by atoms with E-state index in [1.165, 1.54) is 23.5 Å². The van der Waals surface area contributed by atoms with Crippen molar-refractivity contribution in [2.45, 2.75) is 12.5 Å². The second kappa shape index (κ2) is 6.30. The van der Waals surface area contributed by atoms with E-state index in [-0.39, 0.29) is 23.3 Å². The highest BCUT2D eigenvalue weighted by molar-refractivity contribution is 9.11. The fourth-order valence-corrected chi connectivity index (χ4v) is 3.17. The van der Waals surface area contributed by atoms with Crippen LogP contribution in [0.3, 0.4) is 0 Å². The van der Waals surface area contributed by atoms with Crippen LogP contribution in [0.1, 0.15) is 38.1 Å². The first-order chi connectivity index (χ1) is 9.49. The number of ketones is 1. The molecule has 0 fully saturated rings. The zero-order valence-electron chi connectivity index (χ0n) is 10.2. The Morgan fingerprint density at radius 2 is 1.90 bits per heavy atom. The summed E-state index contributed by atoms with van der Waals surface area (Å²) in [5.74, 6) is -1.33. The number of hydrogen-bond donors (Lipinski definition) is 2. The van der Waals surface area contributed by atoms with Gasteiger partial charge in [0.15, 0.2) is 5.78 Å². The van der Waals surface area contributed by atoms with Gasteiger partial charge in [-0.3, -0.25) is 4.79 Å². The Morgan fingerprint density at radius 3 is 2.50 bits per heavy atom. The molecule has 4 nitrogen and oxygen atoms in total. The molecule has 0 aliphatic heterocycles. The van der Waals surface area contributed by atoms with Crippen molar-refractivity contribution in [1.82, 2.24) is 0 Å². The van der Waals surface area contributed by atoms with Crippen LogP contribution in [0.4, 0.5) is 0 Å². The van der Waals surface area contributed by atoms with Crippen LogP contribution in [0.5, 0.6) is 0 Å². The van der Waals surface area contributed by atoms with Crippen LogP contribution in [0.15, 0.2) is 40.2 Å². The van der Waals surface area contributed by atoms with Gasteiger partial charge in [-0.05, 0) is 39.7 Å². The minimum absolute atomic E-state index is 0.0140. The second-order valence-corrected chi connectivity index (χ2v) is 6.60. The maximum absolute atomic E-state index is 12.0. The smallest absolute Gasteiger partial charge is 0.336 e. The lowest BCUT2D eigenvalue weighted by Gasteiger charge is -2.12. The summed E-state index contributed by atoms with van der Waals surface area (Å²) in [5, 5.41) is 19.2. The predicted octanol–water partition coefficient (Wildman–Crippen LogP) is 3.52. The molecule has 0 bridgehead atoms. The Balaban J connectivity index is 2.18. The van der Waals surface area contributed by atoms with Crippen molar-refractivity contribution in [2.24, 2.45) is 0 Å². The number of aliphatic hydroxyl groups is 1. The third-order valence-corrected chi connectivity index (χ3v) is 4.44. The Hall–Kier alpha value is -1.50. The third-order valence-electron chi connectivity index (χ3n) is 2.78. The Morgan fingerprint density at radius 1 is 1.20 bits per heavy atom. The summed E-state index contributed by atoms with van der Waals surface area (Å²) in [6, 6.07) is 9.58. The molecule has 1 heterocycles. The van der Waals surface area contributed by atoms with Gasteiger partial charge in [0.1, 0.15) is 0 Å². The summed E-state index contributed by atoms with van der Waals surface area (Å²) < 4.78 is 0.835. The summed E-state index contributed by atoms with van der Waals surface area (Å²) in [6.45, 7) is 0. The molecule has 0 radical (unpaired) electrons. The number of carbonyl (C=O) groups is 2. The van der Waals surface area contributed by atoms with Crippen LogP contribution in [-0.2, 0) is 0 Å². The molecule has 2 N–H and O–H groups in total. The summed E-state index contributed by atoms with van der Waals surface area (Å²) in [4.78, 5) is 23.6. The summed E-state index contributed by atoms with van der Waals surface area (Å²) in [7, 11) is 0. The monoisotopic (exact) mass is 354 g/mol. The highest BCUT2D eigenvalue weighted by Gasteiger charge is 2.20. The second-order valence-electron chi connectivity index (χ2n) is 4.14. The zero-order chi connectivity index (χ0) is 14.7. The van der Waals surface area contributed by atoms with E-state index in [0.29, 0.717) is 4.88 Å². The normalized spacial score (nSPS) is 12.1. The molecule has 0 saturated heterocycles. The maximum atomic E-state index is 12.0. The van der Waals surface area contributed by atoms with E-state index in [0.717, 1.165) is 3.79 Å². The summed E-state index contributed by atoms with van der Waals surface area (Å²) in [5.41, 5.74) is 0.268. The van der Waals surface area contributed by atoms with E-state index in [9.17, 15) is 14.7 Å². The van der Waals surface area contributed by atoms with Crippen molar-refractivity contribution in [2.75, 3.05) is 0 Å². The van der Waals surface area contributed by atoms with Gasteiger partial charge in [0.05, 0.1) is 20.3 Å². The lowest BCUT2D eigenvalue weighted by atomic mass is 9.98. The molecule has 0 unspecified atom stereocenters. The molecular formula is C14H11BrO4S. The number of benzene rings is 1. The molecule has 1 aromatic carbocycles. The van der Waals surface area contributed by atoms with Gasteiger partial charge < -0.3 is 10.2 Å². The number of thiophene rings is 1. The minimum Gasteiger partial charge on any atom is -0.478 e. The number of aliphatic hydroxyl groups excluding tert-OH is 1. The summed E-state index contributed by atoms with van der Waals surface area (Å²) >= 11 is 4.55. The molecule has 0 spiro atoms. The highest BCUT2D eigenvalue weighted by atomic mass is 79.9. The van der Waals surface area contributed by atoms with E-state index < -0.39 is 12.1 Å². The van der Waals surface area contributed by atoms with Crippen LogP contribution < -0.4 is 0 Å². The number of rotatable bonds is 5. The SMILES string of the molecule is O=C(C[C@H](O)c1ccccc1C(=O)O)c1ccc(Br)s1. The first kappa shape index (κ1) is 14.9. The molecule has 2 rings (SSSR count). The van der Waals surface area contributed by atoms with Crippen molar-refractivity contribution >= 4 is 39.0 Å². The third kappa shape index (κ3) is 3.33. The number of halogens is 1. The van der Waals surface area contributed by atoms with Gasteiger partial charge in [-0.15, -0.1) is 11.3 Å². The van der Waals surface area contributed by atoms with Crippen molar-refractivity contribution in [3.05, 3.63) is 56.2 Å². The van der Waals surface area contributed by atoms with E-state index >= 15 is 0 Å². The van der Waals surface area contributed by atoms with Crippen LogP contribution in [0.25, 0.3) is 0 Å². The molecule has 0 aliphatic carbocycles. The number of carbonyl (C=O) groups excluding carboxylic acids is 1. The average molecular weight is 355 g/mol. The minimum atomic E-state index is -1.13. The van der Waals surface area contributed by atoms with Crippen LogP contribution >= 0.6 is 27.3 Å². The van der Waals surface area contributed by atoms with Gasteiger partial charge >= 0.3 is 5.97 Å². The van der Waals surface area contributed by atoms with E-state index in [4.69, 9.17) is 5.11 Å². The predicted molar refractivity (Wildman–Crippen MR) is 79.3 cm³/mol. The molecular weight excluding hydrogens is 344 g/mol. The van der Waals surface area contributed by atoms with Gasteiger partial charge in [-0.2, -0.15) is 0 Å². The van der Waals surface area contributed by atoms with Crippen molar-refractivity contribution in [3.8, 4) is 0 Å². The highest BCUT2D eigenvalue weighted by Crippen LogP contribution is 2.27. The Labute approximate surface area is 127 Å². The molecule has 1 atom stereocenters. The number of Topliss-reactive ketones (excluding diaryl/α,β-unsaturated/α-hetero) is 1. The molecule has 2 aromatic rings. The van der Waals surface area contributed by atoms with Crippen LogP contribution in [-0.4, -0.2) is 22.0 Å². The summed E-state index contributed by atoms with van der Waals surface area (Å²) in [6.07, 6.45) is -1.27. The van der Waals surface area contributed by atoms with Gasteiger partial charge in [-0.25, -0.2) is 4.79 Å². The van der Waals surface area contributed by atoms with E-state index in [1.807, 2.05) is 0 Å². The first-order valence-corrected chi connectivity index (χ1v) is 7.39. The molecule has 0 amide bonds. The molecule has 0 aliphatic rings. The Kier molecular flexibility index (Phi) is 4.69. The molecule has 20 heavy (non-hydrogen) atoms. The van der Waals surface area contributed by atoms with Crippen LogP contribution in [0, 0.1) is 0 Å². The van der Waals surface area contributed by atoms with Gasteiger partial charge in [0.25, 0.3) is 0 Å². The quantitative estimate of drug-likeness (QED) is 0.805. The first-order valence-electron chi connectivity index (χ1n) is 5.78. The largest absolute Gasteiger partial charge is 0.478 e. The maximum Gasteiger partial charge on any atom is 0.336 e. The van der Waals surface area contributed by atoms with Crippen molar-refractivity contribution in [1.29, 1.82) is 0 Å². The topological polar surface area (TPSA) is 74.6 Å². The zero-order valence-corrected chi connectivity index (χ0v) is 12.6. The van der Waals surface area contributed by atoms with Crippen molar-refractivity contribution in [3.63, 3.8) is 0 Å². The fourth-order valence-electron chi connectivity index (χ4n) is 1.83.